The number of nitriles is 2. The molecule has 3 aromatic rings. The van der Waals surface area contributed by atoms with Crippen LogP contribution in [-0.2, 0) is 29.5 Å². The van der Waals surface area contributed by atoms with Crippen LogP contribution in [0.5, 0.6) is 0 Å². The molecule has 5 rings (SSSR count). The molecule has 2 fully saturated rings. The van der Waals surface area contributed by atoms with E-state index in [1.54, 1.807) is 65.8 Å². The SMILES string of the molecule is CC(C)(C)OC(=O)N1CCN(S(=O)(=O)c2cc(C#N)ccc2F)CC1.Cc1cc(Cl)cc(Sc2ccc(C#N)cc2S(=O)(=O)N2CCN(C(=O)OC(C)(C)C)CC2)c1. The molecule has 312 valence electrons. The largest absolute Gasteiger partial charge is 0.444 e. The number of ether oxygens (including phenoxy) is 2. The zero-order valence-corrected chi connectivity index (χ0v) is 36.5. The molecular weight excluding hydrogens is 831 g/mol. The molecule has 0 bridgehead atoms. The first-order valence-electron chi connectivity index (χ1n) is 18.1. The molecule has 0 N–H and O–H groups in total. The van der Waals surface area contributed by atoms with Gasteiger partial charge in [0.05, 0.1) is 28.2 Å². The van der Waals surface area contributed by atoms with E-state index in [9.17, 15) is 36.1 Å². The van der Waals surface area contributed by atoms with E-state index in [0.717, 1.165) is 26.9 Å². The van der Waals surface area contributed by atoms with Crippen LogP contribution in [0.1, 0.15) is 58.2 Å². The fourth-order valence-corrected chi connectivity index (χ4v) is 10.5. The van der Waals surface area contributed by atoms with Gasteiger partial charge in [0, 0.05) is 67.2 Å². The molecule has 0 atom stereocenters. The zero-order chi connectivity index (χ0) is 43.2. The van der Waals surface area contributed by atoms with Gasteiger partial charge in [0.2, 0.25) is 20.0 Å². The zero-order valence-electron chi connectivity index (χ0n) is 33.3. The summed E-state index contributed by atoms with van der Waals surface area (Å²) in [5, 5.41) is 18.8. The molecule has 0 saturated carbocycles. The summed E-state index contributed by atoms with van der Waals surface area (Å²) in [6.45, 7) is 13.6. The van der Waals surface area contributed by atoms with Crippen molar-refractivity contribution in [2.75, 3.05) is 52.4 Å². The fraction of sp³-hybridized carbons (Fsp3) is 0.436. The number of aryl methyl sites for hydroxylation is 1. The summed E-state index contributed by atoms with van der Waals surface area (Å²) in [6, 6.07) is 17.2. The molecule has 3 aromatic carbocycles. The second-order valence-electron chi connectivity index (χ2n) is 15.3. The van der Waals surface area contributed by atoms with Gasteiger partial charge in [-0.1, -0.05) is 23.4 Å². The van der Waals surface area contributed by atoms with Gasteiger partial charge >= 0.3 is 12.2 Å². The first-order valence-corrected chi connectivity index (χ1v) is 22.2. The molecule has 0 radical (unpaired) electrons. The van der Waals surface area contributed by atoms with Crippen molar-refractivity contribution in [2.24, 2.45) is 0 Å². The first kappa shape index (κ1) is 46.3. The predicted molar refractivity (Wildman–Crippen MR) is 216 cm³/mol. The smallest absolute Gasteiger partial charge is 0.410 e. The molecule has 2 aliphatic rings. The molecule has 0 aromatic heterocycles. The molecule has 0 aliphatic carbocycles. The van der Waals surface area contributed by atoms with Gasteiger partial charge in [0.1, 0.15) is 21.9 Å². The van der Waals surface area contributed by atoms with E-state index < -0.39 is 54.1 Å². The third-order valence-electron chi connectivity index (χ3n) is 8.39. The number of hydrogen-bond donors (Lipinski definition) is 0. The van der Waals surface area contributed by atoms with Crippen molar-refractivity contribution in [1.29, 1.82) is 10.5 Å². The van der Waals surface area contributed by atoms with Crippen molar-refractivity contribution >= 4 is 55.6 Å². The van der Waals surface area contributed by atoms with Crippen LogP contribution in [-0.4, -0.2) is 111 Å². The standard InChI is InChI=1S/C23H26ClN3O4S2.C16H20FN3O4S/c1-16-11-18(24)14-19(12-16)32-20-6-5-17(15-25)13-21(20)33(29,30)27-9-7-26(8-10-27)22(28)31-23(2,3)4;1-16(2,3)24-15(21)19-6-8-20(9-7-19)25(22,23)14-10-12(11-18)4-5-13(14)17/h5-6,11-14H,7-10H2,1-4H3;4-5,10H,6-9H2,1-3H3. The molecule has 2 heterocycles. The highest BCUT2D eigenvalue weighted by molar-refractivity contribution is 8.00. The van der Waals surface area contributed by atoms with E-state index in [0.29, 0.717) is 9.92 Å². The number of halogens is 2. The molecular formula is C39H46ClFN6O8S3. The quantitative estimate of drug-likeness (QED) is 0.253. The van der Waals surface area contributed by atoms with E-state index in [2.05, 4.69) is 0 Å². The maximum absolute atomic E-state index is 13.9. The van der Waals surface area contributed by atoms with Gasteiger partial charge in [-0.3, -0.25) is 0 Å². The molecule has 58 heavy (non-hydrogen) atoms. The lowest BCUT2D eigenvalue weighted by Crippen LogP contribution is -2.51. The summed E-state index contributed by atoms with van der Waals surface area (Å²) in [5.41, 5.74) is 0.0190. The van der Waals surface area contributed by atoms with Gasteiger partial charge < -0.3 is 19.3 Å². The van der Waals surface area contributed by atoms with Crippen molar-refractivity contribution < 1.29 is 40.3 Å². The molecule has 2 aliphatic heterocycles. The van der Waals surface area contributed by atoms with Gasteiger partial charge in [-0.15, -0.1) is 0 Å². The van der Waals surface area contributed by atoms with Gasteiger partial charge in [0.25, 0.3) is 0 Å². The van der Waals surface area contributed by atoms with Crippen LogP contribution in [0.4, 0.5) is 14.0 Å². The summed E-state index contributed by atoms with van der Waals surface area (Å²) in [7, 11) is -7.98. The van der Waals surface area contributed by atoms with Crippen molar-refractivity contribution in [3.8, 4) is 12.1 Å². The maximum Gasteiger partial charge on any atom is 0.410 e. The van der Waals surface area contributed by atoms with Crippen molar-refractivity contribution in [1.82, 2.24) is 18.4 Å². The van der Waals surface area contributed by atoms with Crippen molar-refractivity contribution in [3.05, 3.63) is 82.1 Å². The number of benzene rings is 3. The highest BCUT2D eigenvalue weighted by atomic mass is 35.5. The van der Waals surface area contributed by atoms with Crippen molar-refractivity contribution in [2.45, 2.75) is 79.3 Å². The summed E-state index contributed by atoms with van der Waals surface area (Å²) in [5.74, 6) is -0.909. The van der Waals surface area contributed by atoms with Crippen LogP contribution < -0.4 is 0 Å². The van der Waals surface area contributed by atoms with E-state index in [1.807, 2.05) is 25.1 Å². The lowest BCUT2D eigenvalue weighted by Gasteiger charge is -2.35. The highest BCUT2D eigenvalue weighted by Gasteiger charge is 2.35. The molecule has 2 amide bonds. The lowest BCUT2D eigenvalue weighted by molar-refractivity contribution is 0.0183. The topological polar surface area (TPSA) is 181 Å². The summed E-state index contributed by atoms with van der Waals surface area (Å²) >= 11 is 7.45. The number of amides is 2. The fourth-order valence-electron chi connectivity index (χ4n) is 5.68. The summed E-state index contributed by atoms with van der Waals surface area (Å²) < 4.78 is 79.4. The Morgan fingerprint density at radius 1 is 0.690 bits per heavy atom. The van der Waals surface area contributed by atoms with Gasteiger partial charge in [-0.05, 0) is 109 Å². The normalized spacial score (nSPS) is 15.7. The number of nitrogens with zero attached hydrogens (tertiary/aromatic N) is 6. The van der Waals surface area contributed by atoms with Crippen LogP contribution in [0, 0.1) is 35.4 Å². The van der Waals surface area contributed by atoms with Crippen LogP contribution in [0.15, 0.2) is 74.2 Å². The van der Waals surface area contributed by atoms with E-state index in [-0.39, 0.29) is 68.4 Å². The predicted octanol–water partition coefficient (Wildman–Crippen LogP) is 6.85. The van der Waals surface area contributed by atoms with Crippen LogP contribution in [0.3, 0.4) is 0 Å². The van der Waals surface area contributed by atoms with E-state index in [4.69, 9.17) is 26.3 Å². The molecule has 0 spiro atoms. The minimum atomic E-state index is -4.08. The van der Waals surface area contributed by atoms with E-state index >= 15 is 0 Å². The number of hydrogen-bond acceptors (Lipinski definition) is 11. The maximum atomic E-state index is 13.9. The molecule has 0 unspecified atom stereocenters. The van der Waals surface area contributed by atoms with Gasteiger partial charge in [-0.25, -0.2) is 30.8 Å². The second kappa shape index (κ2) is 18.7. The van der Waals surface area contributed by atoms with Crippen LogP contribution >= 0.6 is 23.4 Å². The number of carbonyl (C=O) groups is 2. The first-order chi connectivity index (χ1) is 26.9. The van der Waals surface area contributed by atoms with Crippen molar-refractivity contribution in [3.63, 3.8) is 0 Å². The monoisotopic (exact) mass is 876 g/mol. The Labute approximate surface area is 349 Å². The summed E-state index contributed by atoms with van der Waals surface area (Å²) in [4.78, 5) is 28.1. The summed E-state index contributed by atoms with van der Waals surface area (Å²) in [6.07, 6.45) is -0.971. The molecule has 14 nitrogen and oxygen atoms in total. The van der Waals surface area contributed by atoms with E-state index in [1.165, 1.54) is 38.0 Å². The van der Waals surface area contributed by atoms with Gasteiger partial charge in [-0.2, -0.15) is 19.1 Å². The third kappa shape index (κ3) is 12.3. The minimum absolute atomic E-state index is 0.0256. The Balaban J connectivity index is 0.000000267. The Morgan fingerprint density at radius 3 is 1.55 bits per heavy atom. The average molecular weight is 877 g/mol. The number of sulfonamides is 2. The Kier molecular flexibility index (Phi) is 14.9. The average Bonchev–Trinajstić information content (AvgIpc) is 3.13. The molecule has 2 saturated heterocycles. The second-order valence-corrected chi connectivity index (χ2v) is 20.7. The molecule has 19 heteroatoms. The van der Waals surface area contributed by atoms with Gasteiger partial charge in [0.15, 0.2) is 0 Å². The highest BCUT2D eigenvalue weighted by Crippen LogP contribution is 2.37. The number of carbonyl (C=O) groups excluding carboxylic acids is 2. The minimum Gasteiger partial charge on any atom is -0.444 e. The Bertz CT molecular complexity index is 2300. The lowest BCUT2D eigenvalue weighted by atomic mass is 10.2. The van der Waals surface area contributed by atoms with Crippen LogP contribution in [0.25, 0.3) is 0 Å². The Morgan fingerprint density at radius 2 is 1.12 bits per heavy atom. The van der Waals surface area contributed by atoms with Crippen LogP contribution in [0.2, 0.25) is 5.02 Å². The number of piperazine rings is 2. The Hall–Kier alpha value is -4.43. The number of rotatable bonds is 6. The third-order valence-corrected chi connectivity index (χ3v) is 13.6.